The van der Waals surface area contributed by atoms with Crippen LogP contribution in [0.15, 0.2) is 30.3 Å². The van der Waals surface area contributed by atoms with Gasteiger partial charge in [-0.2, -0.15) is 0 Å². The summed E-state index contributed by atoms with van der Waals surface area (Å²) in [5, 5.41) is 1.32. The van der Waals surface area contributed by atoms with Gasteiger partial charge in [0.25, 0.3) is 0 Å². The second-order valence-electron chi connectivity index (χ2n) is 2.15. The summed E-state index contributed by atoms with van der Waals surface area (Å²) < 4.78 is 2.54. The zero-order valence-electron chi connectivity index (χ0n) is 5.29. The van der Waals surface area contributed by atoms with Gasteiger partial charge in [0.1, 0.15) is 0 Å². The molecule has 0 saturated heterocycles. The first kappa shape index (κ1) is 6.13. The molecule has 2 rings (SSSR count). The van der Waals surface area contributed by atoms with Gasteiger partial charge in [-0.05, 0) is 22.0 Å². The molecule has 0 fully saturated rings. The number of benzene rings is 1. The van der Waals surface area contributed by atoms with Gasteiger partial charge in [0.15, 0.2) is 0 Å². The van der Waals surface area contributed by atoms with E-state index >= 15 is 0 Å². The second kappa shape index (κ2) is 2.22. The molecule has 1 aromatic heterocycles. The van der Waals surface area contributed by atoms with Crippen molar-refractivity contribution in [2.75, 3.05) is 0 Å². The van der Waals surface area contributed by atoms with Crippen LogP contribution in [0.4, 0.5) is 0 Å². The molecule has 0 aliphatic rings. The molecule has 47 valence electrons. The molecule has 0 bridgehead atoms. The third-order valence-corrected chi connectivity index (χ3v) is 2.81. The van der Waals surface area contributed by atoms with Crippen LogP contribution < -0.4 is 4.50 Å². The van der Waals surface area contributed by atoms with Gasteiger partial charge in [-0.15, -0.1) is 11.3 Å². The van der Waals surface area contributed by atoms with Gasteiger partial charge in [-0.1, -0.05) is 18.2 Å². The number of rotatable bonds is 0. The van der Waals surface area contributed by atoms with Crippen LogP contribution in [0.5, 0.6) is 0 Å². The lowest BCUT2D eigenvalue weighted by molar-refractivity contribution is 1.86. The van der Waals surface area contributed by atoms with Crippen molar-refractivity contribution in [3.05, 3.63) is 30.3 Å². The minimum Gasteiger partial charge on any atom is -0.146 e. The summed E-state index contributed by atoms with van der Waals surface area (Å²) in [6.45, 7) is 0. The Morgan fingerprint density at radius 1 is 1.20 bits per heavy atom. The van der Waals surface area contributed by atoms with Crippen LogP contribution in [0, 0.1) is 0 Å². The monoisotopic (exact) mass is 161 g/mol. The highest BCUT2D eigenvalue weighted by Gasteiger charge is 1.93. The summed E-state index contributed by atoms with van der Waals surface area (Å²) >= 11 is 1.77. The Balaban J connectivity index is 2.88. The van der Waals surface area contributed by atoms with Crippen molar-refractivity contribution >= 4 is 36.2 Å². The lowest BCUT2D eigenvalue weighted by Crippen LogP contribution is -1.88. The van der Waals surface area contributed by atoms with Crippen molar-refractivity contribution in [2.45, 2.75) is 0 Å². The maximum absolute atomic E-state index is 3.49. The predicted molar refractivity (Wildman–Crippen MR) is 47.2 cm³/mol. The highest BCUT2D eigenvalue weighted by molar-refractivity contribution is 7.26. The molecule has 0 saturated carbocycles. The van der Waals surface area contributed by atoms with E-state index in [1.807, 2.05) is 0 Å². The molecular weight excluding hydrogens is 156 g/mol. The van der Waals surface area contributed by atoms with E-state index in [0.717, 1.165) is 0 Å². The molecule has 0 aliphatic heterocycles. The van der Waals surface area contributed by atoms with Crippen LogP contribution in [0.2, 0.25) is 0 Å². The predicted octanol–water partition coefficient (Wildman–Crippen LogP) is 1.70. The zero-order valence-corrected chi connectivity index (χ0v) is 7.11. The van der Waals surface area contributed by atoms with Crippen molar-refractivity contribution in [3.63, 3.8) is 0 Å². The average molecular weight is 161 g/mol. The number of hydrogen-bond acceptors (Lipinski definition) is 1. The first-order chi connectivity index (χ1) is 4.86. The van der Waals surface area contributed by atoms with Crippen molar-refractivity contribution in [1.29, 1.82) is 0 Å². The van der Waals surface area contributed by atoms with Gasteiger partial charge < -0.3 is 0 Å². The fourth-order valence-electron chi connectivity index (χ4n) is 0.982. The zero-order chi connectivity index (χ0) is 6.97. The average Bonchev–Trinajstić information content (AvgIpc) is 2.27. The largest absolute Gasteiger partial charge is 0.146 e. The van der Waals surface area contributed by atoms with Gasteiger partial charge in [0, 0.05) is 4.70 Å². The Kier molecular flexibility index (Phi) is 1.36. The third kappa shape index (κ3) is 0.894. The Labute approximate surface area is 66.9 Å². The number of fused-ring (bicyclic) bond motifs is 1. The van der Waals surface area contributed by atoms with Crippen molar-refractivity contribution in [1.82, 2.24) is 0 Å². The molecule has 10 heavy (non-hydrogen) atoms. The number of hydrogen-bond donors (Lipinski definition) is 0. The number of thiophene rings is 1. The lowest BCUT2D eigenvalue weighted by atomic mass is 10.3. The fourth-order valence-corrected chi connectivity index (χ4v) is 2.28. The van der Waals surface area contributed by atoms with Crippen LogP contribution in [0.25, 0.3) is 10.1 Å². The van der Waals surface area contributed by atoms with E-state index in [0.29, 0.717) is 0 Å². The Hall–Kier alpha value is -0.603. The molecule has 0 amide bonds. The van der Waals surface area contributed by atoms with Crippen LogP contribution in [0.1, 0.15) is 0 Å². The van der Waals surface area contributed by atoms with Gasteiger partial charge >= 0.3 is 0 Å². The minimum atomic E-state index is 1.20. The first-order valence-electron chi connectivity index (χ1n) is 3.06. The van der Waals surface area contributed by atoms with Gasteiger partial charge in [0.2, 0.25) is 0 Å². The van der Waals surface area contributed by atoms with E-state index in [9.17, 15) is 0 Å². The maximum atomic E-state index is 3.49. The molecule has 0 unspecified atom stereocenters. The summed E-state index contributed by atoms with van der Waals surface area (Å²) in [5.41, 5.74) is 0. The summed E-state index contributed by atoms with van der Waals surface area (Å²) in [4.78, 5) is 0. The maximum Gasteiger partial charge on any atom is 0.0864 e. The van der Waals surface area contributed by atoms with Gasteiger partial charge in [-0.25, -0.2) is 0 Å². The highest BCUT2D eigenvalue weighted by Crippen LogP contribution is 2.16. The molecule has 1 heterocycles. The quantitative estimate of drug-likeness (QED) is 0.516. The minimum absolute atomic E-state index is 1.20. The Morgan fingerprint density at radius 2 is 2.00 bits per heavy atom. The Morgan fingerprint density at radius 3 is 2.80 bits per heavy atom. The van der Waals surface area contributed by atoms with Crippen molar-refractivity contribution in [2.24, 2.45) is 0 Å². The molecule has 1 aromatic carbocycles. The highest BCUT2D eigenvalue weighted by atomic mass is 32.1. The molecule has 2 heteroatoms. The van der Waals surface area contributed by atoms with Gasteiger partial charge in [-0.3, -0.25) is 0 Å². The summed E-state index contributed by atoms with van der Waals surface area (Å²) in [6, 6.07) is 10.5. The molecule has 3 radical (unpaired) electrons. The smallest absolute Gasteiger partial charge is 0.0864 e. The molecular formula is C8H5SSi. The molecule has 0 spiro atoms. The van der Waals surface area contributed by atoms with E-state index in [1.54, 1.807) is 11.3 Å². The van der Waals surface area contributed by atoms with Crippen LogP contribution in [-0.4, -0.2) is 10.2 Å². The van der Waals surface area contributed by atoms with Gasteiger partial charge in [0.05, 0.1) is 10.2 Å². The van der Waals surface area contributed by atoms with Crippen LogP contribution in [-0.2, 0) is 0 Å². The van der Waals surface area contributed by atoms with Crippen LogP contribution in [0.3, 0.4) is 0 Å². The normalized spacial score (nSPS) is 10.5. The topological polar surface area (TPSA) is 0 Å². The van der Waals surface area contributed by atoms with E-state index in [2.05, 4.69) is 40.6 Å². The summed E-state index contributed by atoms with van der Waals surface area (Å²) in [5.74, 6) is 0. The molecule has 0 N–H and O–H groups in total. The molecule has 0 nitrogen and oxygen atoms in total. The second-order valence-corrected chi connectivity index (χ2v) is 4.13. The van der Waals surface area contributed by atoms with E-state index in [1.165, 1.54) is 14.6 Å². The fraction of sp³-hybridized carbons (Fsp3) is 0. The first-order valence-corrected chi connectivity index (χ1v) is 4.38. The summed E-state index contributed by atoms with van der Waals surface area (Å²) in [7, 11) is 3.49. The van der Waals surface area contributed by atoms with E-state index < -0.39 is 0 Å². The molecule has 0 aliphatic carbocycles. The summed E-state index contributed by atoms with van der Waals surface area (Å²) in [6.07, 6.45) is 0. The standard InChI is InChI=1S/C8H5SSi/c10-8-5-6-3-1-2-4-7(6)9-8/h1-5H. The van der Waals surface area contributed by atoms with E-state index in [4.69, 9.17) is 0 Å². The lowest BCUT2D eigenvalue weighted by Gasteiger charge is -1.82. The molecule has 2 aromatic rings. The Bertz CT molecular complexity index is 318. The van der Waals surface area contributed by atoms with Crippen LogP contribution >= 0.6 is 11.3 Å². The molecule has 0 atom stereocenters. The van der Waals surface area contributed by atoms with Crippen molar-refractivity contribution < 1.29 is 0 Å². The SMILES string of the molecule is [Si]c1cc2ccccc2s1. The van der Waals surface area contributed by atoms with E-state index in [-0.39, 0.29) is 0 Å². The third-order valence-electron chi connectivity index (χ3n) is 1.43. The van der Waals surface area contributed by atoms with Crippen molar-refractivity contribution in [3.8, 4) is 0 Å².